The summed E-state index contributed by atoms with van der Waals surface area (Å²) in [5, 5.41) is 3.24. The van der Waals surface area contributed by atoms with Crippen LogP contribution in [0.15, 0.2) is 30.3 Å². The molecule has 3 N–H and O–H groups in total. The zero-order valence-electron chi connectivity index (χ0n) is 10.7. The summed E-state index contributed by atoms with van der Waals surface area (Å²) >= 11 is 0. The number of benzene rings is 1. The Morgan fingerprint density at radius 1 is 1.35 bits per heavy atom. The van der Waals surface area contributed by atoms with E-state index in [4.69, 9.17) is 5.73 Å². The van der Waals surface area contributed by atoms with E-state index in [0.29, 0.717) is 0 Å². The number of nitrogens with one attached hydrogen (secondary N) is 1. The number of nitrogens with two attached hydrogens (primary N) is 1. The fourth-order valence-electron chi connectivity index (χ4n) is 1.74. The van der Waals surface area contributed by atoms with Gasteiger partial charge in [0.15, 0.2) is 0 Å². The number of amides is 1. The number of hydrogen-bond acceptors (Lipinski definition) is 2. The van der Waals surface area contributed by atoms with Gasteiger partial charge in [0.25, 0.3) is 0 Å². The molecule has 1 atom stereocenters. The van der Waals surface area contributed by atoms with Gasteiger partial charge in [0.05, 0.1) is 5.54 Å². The van der Waals surface area contributed by atoms with Gasteiger partial charge in [0.2, 0.25) is 5.91 Å². The summed E-state index contributed by atoms with van der Waals surface area (Å²) in [6.45, 7) is 4.77. The molecule has 0 saturated carbocycles. The molecule has 0 radical (unpaired) electrons. The first-order valence-corrected chi connectivity index (χ1v) is 6.17. The van der Waals surface area contributed by atoms with Crippen molar-refractivity contribution in [2.45, 2.75) is 38.6 Å². The van der Waals surface area contributed by atoms with E-state index in [0.717, 1.165) is 25.8 Å². The van der Waals surface area contributed by atoms with E-state index in [1.807, 2.05) is 25.1 Å². The number of carbonyl (C=O) groups excluding carboxylic acids is 1. The summed E-state index contributed by atoms with van der Waals surface area (Å²) in [5.41, 5.74) is 6.10. The Hall–Kier alpha value is -1.35. The quantitative estimate of drug-likeness (QED) is 0.756. The van der Waals surface area contributed by atoms with E-state index in [1.54, 1.807) is 0 Å². The molecule has 0 saturated heterocycles. The van der Waals surface area contributed by atoms with Crippen molar-refractivity contribution in [2.75, 3.05) is 6.54 Å². The molecule has 0 aliphatic heterocycles. The number of hydrogen-bond donors (Lipinski definition) is 2. The second-order valence-corrected chi connectivity index (χ2v) is 4.61. The highest BCUT2D eigenvalue weighted by molar-refractivity contribution is 5.84. The monoisotopic (exact) mass is 234 g/mol. The van der Waals surface area contributed by atoms with Crippen molar-refractivity contribution in [1.82, 2.24) is 5.32 Å². The molecular formula is C14H22N2O. The second-order valence-electron chi connectivity index (χ2n) is 4.61. The minimum atomic E-state index is -0.605. The van der Waals surface area contributed by atoms with E-state index in [1.165, 1.54) is 5.56 Å². The molecule has 0 spiro atoms. The summed E-state index contributed by atoms with van der Waals surface area (Å²) in [4.78, 5) is 11.5. The molecule has 0 bridgehead atoms. The van der Waals surface area contributed by atoms with E-state index < -0.39 is 5.54 Å². The molecule has 94 valence electrons. The molecule has 0 aliphatic carbocycles. The molecule has 0 heterocycles. The van der Waals surface area contributed by atoms with E-state index in [2.05, 4.69) is 24.4 Å². The van der Waals surface area contributed by atoms with Crippen molar-refractivity contribution in [1.29, 1.82) is 0 Å². The smallest absolute Gasteiger partial charge is 0.237 e. The molecular weight excluding hydrogens is 212 g/mol. The Bertz CT molecular complexity index is 350. The van der Waals surface area contributed by atoms with Gasteiger partial charge in [-0.05, 0) is 38.3 Å². The normalized spacial score (nSPS) is 14.2. The van der Waals surface area contributed by atoms with Gasteiger partial charge in [-0.15, -0.1) is 0 Å². The van der Waals surface area contributed by atoms with Gasteiger partial charge >= 0.3 is 0 Å². The fourth-order valence-corrected chi connectivity index (χ4v) is 1.74. The van der Waals surface area contributed by atoms with Crippen molar-refractivity contribution in [2.24, 2.45) is 5.73 Å². The SMILES string of the molecule is CCCNC(C)(CCc1ccccc1)C(N)=O. The summed E-state index contributed by atoms with van der Waals surface area (Å²) in [5.74, 6) is -0.276. The van der Waals surface area contributed by atoms with Gasteiger partial charge in [-0.1, -0.05) is 37.3 Å². The van der Waals surface area contributed by atoms with Gasteiger partial charge in [-0.2, -0.15) is 0 Å². The Labute approximate surface area is 103 Å². The largest absolute Gasteiger partial charge is 0.368 e. The van der Waals surface area contributed by atoms with Gasteiger partial charge in [0, 0.05) is 0 Å². The first-order chi connectivity index (χ1) is 8.08. The summed E-state index contributed by atoms with van der Waals surface area (Å²) in [7, 11) is 0. The van der Waals surface area contributed by atoms with Crippen LogP contribution in [0.4, 0.5) is 0 Å². The third kappa shape index (κ3) is 4.19. The average molecular weight is 234 g/mol. The third-order valence-electron chi connectivity index (χ3n) is 3.07. The highest BCUT2D eigenvalue weighted by Crippen LogP contribution is 2.14. The molecule has 0 aromatic heterocycles. The van der Waals surface area contributed by atoms with Crippen LogP contribution in [0.3, 0.4) is 0 Å². The van der Waals surface area contributed by atoms with Crippen LogP contribution in [0, 0.1) is 0 Å². The van der Waals surface area contributed by atoms with Crippen LogP contribution < -0.4 is 11.1 Å². The average Bonchev–Trinajstić information content (AvgIpc) is 2.35. The lowest BCUT2D eigenvalue weighted by Crippen LogP contribution is -2.53. The Balaban J connectivity index is 2.58. The van der Waals surface area contributed by atoms with Crippen LogP contribution in [0.5, 0.6) is 0 Å². The summed E-state index contributed by atoms with van der Waals surface area (Å²) in [6.07, 6.45) is 2.58. The topological polar surface area (TPSA) is 55.1 Å². The number of aryl methyl sites for hydroxylation is 1. The Morgan fingerprint density at radius 3 is 2.53 bits per heavy atom. The lowest BCUT2D eigenvalue weighted by Gasteiger charge is -2.27. The predicted octanol–water partition coefficient (Wildman–Crippen LogP) is 1.86. The maximum absolute atomic E-state index is 11.5. The van der Waals surface area contributed by atoms with Crippen LogP contribution in [-0.4, -0.2) is 18.0 Å². The van der Waals surface area contributed by atoms with Crippen molar-refractivity contribution >= 4 is 5.91 Å². The lowest BCUT2D eigenvalue weighted by atomic mass is 9.92. The molecule has 1 aromatic carbocycles. The van der Waals surface area contributed by atoms with Crippen LogP contribution in [0.25, 0.3) is 0 Å². The number of rotatable bonds is 7. The van der Waals surface area contributed by atoms with Crippen LogP contribution in [0.1, 0.15) is 32.3 Å². The van der Waals surface area contributed by atoms with Crippen molar-refractivity contribution in [3.05, 3.63) is 35.9 Å². The minimum absolute atomic E-state index is 0.276. The molecule has 3 heteroatoms. The Morgan fingerprint density at radius 2 is 2.00 bits per heavy atom. The lowest BCUT2D eigenvalue weighted by molar-refractivity contribution is -0.124. The number of carbonyl (C=O) groups is 1. The molecule has 0 fully saturated rings. The maximum atomic E-state index is 11.5. The van der Waals surface area contributed by atoms with Gasteiger partial charge in [-0.3, -0.25) is 4.79 Å². The van der Waals surface area contributed by atoms with Gasteiger partial charge in [0.1, 0.15) is 0 Å². The van der Waals surface area contributed by atoms with E-state index >= 15 is 0 Å². The molecule has 0 aliphatic rings. The standard InChI is InChI=1S/C14H22N2O/c1-3-11-16-14(2,13(15)17)10-9-12-7-5-4-6-8-12/h4-8,16H,3,9-11H2,1-2H3,(H2,15,17). The first-order valence-electron chi connectivity index (χ1n) is 6.17. The predicted molar refractivity (Wildman–Crippen MR) is 70.7 cm³/mol. The van der Waals surface area contributed by atoms with E-state index in [9.17, 15) is 4.79 Å². The molecule has 1 rings (SSSR count). The fraction of sp³-hybridized carbons (Fsp3) is 0.500. The molecule has 1 unspecified atom stereocenters. The third-order valence-corrected chi connectivity index (χ3v) is 3.07. The summed E-state index contributed by atoms with van der Waals surface area (Å²) < 4.78 is 0. The van der Waals surface area contributed by atoms with E-state index in [-0.39, 0.29) is 5.91 Å². The van der Waals surface area contributed by atoms with Crippen LogP contribution in [-0.2, 0) is 11.2 Å². The highest BCUT2D eigenvalue weighted by atomic mass is 16.1. The summed E-state index contributed by atoms with van der Waals surface area (Å²) in [6, 6.07) is 10.2. The van der Waals surface area contributed by atoms with Crippen molar-refractivity contribution in [3.8, 4) is 0 Å². The van der Waals surface area contributed by atoms with Crippen LogP contribution in [0.2, 0.25) is 0 Å². The molecule has 1 amide bonds. The molecule has 3 nitrogen and oxygen atoms in total. The maximum Gasteiger partial charge on any atom is 0.237 e. The highest BCUT2D eigenvalue weighted by Gasteiger charge is 2.29. The molecule has 17 heavy (non-hydrogen) atoms. The Kier molecular flexibility index (Phi) is 5.16. The first kappa shape index (κ1) is 13.7. The zero-order valence-corrected chi connectivity index (χ0v) is 10.7. The van der Waals surface area contributed by atoms with Gasteiger partial charge in [-0.25, -0.2) is 0 Å². The zero-order chi connectivity index (χ0) is 12.7. The number of primary amides is 1. The minimum Gasteiger partial charge on any atom is -0.368 e. The second kappa shape index (κ2) is 6.40. The molecule has 1 aromatic rings. The van der Waals surface area contributed by atoms with Crippen LogP contribution >= 0.6 is 0 Å². The van der Waals surface area contributed by atoms with Crippen molar-refractivity contribution in [3.63, 3.8) is 0 Å². The van der Waals surface area contributed by atoms with Crippen molar-refractivity contribution < 1.29 is 4.79 Å². The van der Waals surface area contributed by atoms with Gasteiger partial charge < -0.3 is 11.1 Å².